The Morgan fingerprint density at radius 1 is 0.625 bits per heavy atom. The van der Waals surface area contributed by atoms with E-state index in [2.05, 4.69) is 123 Å². The van der Waals surface area contributed by atoms with E-state index >= 15 is 0 Å². The summed E-state index contributed by atoms with van der Waals surface area (Å²) in [4.78, 5) is 7.27. The summed E-state index contributed by atoms with van der Waals surface area (Å²) in [6.07, 6.45) is 0. The summed E-state index contributed by atoms with van der Waals surface area (Å²) in [5.41, 5.74) is 6.97. The van der Waals surface area contributed by atoms with E-state index in [1.54, 1.807) is 11.3 Å². The molecule has 0 amide bonds. The second-order valence-corrected chi connectivity index (χ2v) is 9.99. The number of rotatable bonds is 4. The Hall–Kier alpha value is -3.43. The van der Waals surface area contributed by atoms with Gasteiger partial charge in [-0.1, -0.05) is 72.8 Å². The van der Waals surface area contributed by atoms with Crippen molar-refractivity contribution in [2.45, 2.75) is 26.3 Å². The van der Waals surface area contributed by atoms with E-state index in [1.165, 1.54) is 32.8 Å². The van der Waals surface area contributed by atoms with Crippen LogP contribution in [0.15, 0.2) is 103 Å². The molecule has 0 aliphatic heterocycles. The summed E-state index contributed by atoms with van der Waals surface area (Å²) in [5, 5.41) is 1.06. The molecule has 1 aromatic heterocycles. The molecule has 32 heavy (non-hydrogen) atoms. The van der Waals surface area contributed by atoms with Gasteiger partial charge >= 0.3 is 0 Å². The van der Waals surface area contributed by atoms with Crippen molar-refractivity contribution in [3.05, 3.63) is 103 Å². The molecule has 0 radical (unpaired) electrons. The highest BCUT2D eigenvalue weighted by molar-refractivity contribution is 7.21. The molecule has 4 aromatic carbocycles. The van der Waals surface area contributed by atoms with E-state index in [0.717, 1.165) is 10.5 Å². The molecule has 0 fully saturated rings. The Balaban J connectivity index is 1.53. The molecule has 5 rings (SSSR count). The van der Waals surface area contributed by atoms with Crippen LogP contribution in [-0.4, -0.2) is 10.5 Å². The fourth-order valence-electron chi connectivity index (χ4n) is 4.11. The number of nitrogens with zero attached hydrogens (tertiary/aromatic N) is 2. The summed E-state index contributed by atoms with van der Waals surface area (Å²) >= 11 is 1.75. The van der Waals surface area contributed by atoms with E-state index in [-0.39, 0.29) is 5.54 Å². The molecule has 0 aliphatic rings. The average molecular weight is 435 g/mol. The van der Waals surface area contributed by atoms with Gasteiger partial charge in [-0.15, -0.1) is 11.3 Å². The molecular weight excluding hydrogens is 408 g/mol. The second kappa shape index (κ2) is 8.25. The lowest BCUT2D eigenvalue weighted by Crippen LogP contribution is -2.37. The Kier molecular flexibility index (Phi) is 5.28. The van der Waals surface area contributed by atoms with Crippen molar-refractivity contribution in [3.8, 4) is 21.7 Å². The zero-order valence-electron chi connectivity index (χ0n) is 18.6. The second-order valence-electron chi connectivity index (χ2n) is 8.96. The highest BCUT2D eigenvalue weighted by Crippen LogP contribution is 2.38. The van der Waals surface area contributed by atoms with Crippen LogP contribution in [0.25, 0.3) is 31.9 Å². The van der Waals surface area contributed by atoms with E-state index < -0.39 is 0 Å². The third-order valence-electron chi connectivity index (χ3n) is 5.55. The van der Waals surface area contributed by atoms with E-state index in [1.807, 2.05) is 6.07 Å². The van der Waals surface area contributed by atoms with Crippen LogP contribution in [0.1, 0.15) is 20.8 Å². The smallest absolute Gasteiger partial charge is 0.124 e. The largest absolute Gasteiger partial charge is 0.336 e. The van der Waals surface area contributed by atoms with Gasteiger partial charge in [-0.05, 0) is 62.2 Å². The molecule has 0 N–H and O–H groups in total. The third kappa shape index (κ3) is 4.04. The Morgan fingerprint density at radius 3 is 1.81 bits per heavy atom. The van der Waals surface area contributed by atoms with Gasteiger partial charge in [0.1, 0.15) is 5.01 Å². The summed E-state index contributed by atoms with van der Waals surface area (Å²) < 4.78 is 1.21. The number of anilines is 2. The van der Waals surface area contributed by atoms with Crippen molar-refractivity contribution in [1.82, 2.24) is 4.98 Å². The van der Waals surface area contributed by atoms with Crippen LogP contribution >= 0.6 is 11.3 Å². The maximum Gasteiger partial charge on any atom is 0.124 e. The first-order valence-electron chi connectivity index (χ1n) is 10.9. The van der Waals surface area contributed by atoms with Gasteiger partial charge in [0.05, 0.1) is 10.2 Å². The van der Waals surface area contributed by atoms with Crippen molar-refractivity contribution in [2.24, 2.45) is 0 Å². The van der Waals surface area contributed by atoms with Crippen LogP contribution in [0.4, 0.5) is 11.4 Å². The van der Waals surface area contributed by atoms with Gasteiger partial charge in [-0.2, -0.15) is 0 Å². The standard InChI is InChI=1S/C29H26N2S/c1-29(2,3)31(24-16-14-22(15-17-24)21-10-6-4-7-11-21)25-18-19-26-27(20-25)32-28(30-26)23-12-8-5-9-13-23/h4-20H,1-3H3. The molecule has 0 saturated heterocycles. The maximum atomic E-state index is 4.86. The Labute approximate surface area is 193 Å². The molecule has 0 bridgehead atoms. The molecule has 1 heterocycles. The molecule has 0 unspecified atom stereocenters. The van der Waals surface area contributed by atoms with Crippen LogP contribution in [0.5, 0.6) is 0 Å². The summed E-state index contributed by atoms with van der Waals surface area (Å²) in [5.74, 6) is 0. The lowest BCUT2D eigenvalue weighted by atomic mass is 10.0. The number of benzene rings is 4. The number of thiazole rings is 1. The molecule has 5 aromatic rings. The first-order chi connectivity index (χ1) is 15.5. The minimum absolute atomic E-state index is 0.0745. The molecular formula is C29H26N2S. The quantitative estimate of drug-likeness (QED) is 0.282. The maximum absolute atomic E-state index is 4.86. The summed E-state index contributed by atoms with van der Waals surface area (Å²) in [7, 11) is 0. The van der Waals surface area contributed by atoms with Crippen LogP contribution < -0.4 is 4.90 Å². The zero-order chi connectivity index (χ0) is 22.1. The SMILES string of the molecule is CC(C)(C)N(c1ccc(-c2ccccc2)cc1)c1ccc2nc(-c3ccccc3)sc2c1. The highest BCUT2D eigenvalue weighted by Gasteiger charge is 2.24. The van der Waals surface area contributed by atoms with E-state index in [9.17, 15) is 0 Å². The molecule has 0 aliphatic carbocycles. The topological polar surface area (TPSA) is 16.1 Å². The third-order valence-corrected chi connectivity index (χ3v) is 6.62. The molecule has 0 spiro atoms. The molecule has 3 heteroatoms. The first-order valence-corrected chi connectivity index (χ1v) is 11.7. The highest BCUT2D eigenvalue weighted by atomic mass is 32.1. The minimum Gasteiger partial charge on any atom is -0.336 e. The van der Waals surface area contributed by atoms with Gasteiger partial charge in [0.15, 0.2) is 0 Å². The fourth-order valence-corrected chi connectivity index (χ4v) is 5.12. The van der Waals surface area contributed by atoms with Gasteiger partial charge in [0.2, 0.25) is 0 Å². The van der Waals surface area contributed by atoms with E-state index in [0.29, 0.717) is 0 Å². The molecule has 0 saturated carbocycles. The van der Waals surface area contributed by atoms with Crippen LogP contribution in [-0.2, 0) is 0 Å². The van der Waals surface area contributed by atoms with Crippen molar-refractivity contribution >= 4 is 32.9 Å². The number of hydrogen-bond donors (Lipinski definition) is 0. The number of aromatic nitrogens is 1. The zero-order valence-corrected chi connectivity index (χ0v) is 19.4. The summed E-state index contributed by atoms with van der Waals surface area (Å²) in [6, 6.07) is 36.4. The normalized spacial score (nSPS) is 11.6. The minimum atomic E-state index is -0.0745. The monoisotopic (exact) mass is 434 g/mol. The van der Waals surface area contributed by atoms with Crippen molar-refractivity contribution in [1.29, 1.82) is 0 Å². The Bertz CT molecular complexity index is 1330. The van der Waals surface area contributed by atoms with Crippen molar-refractivity contribution < 1.29 is 0 Å². The van der Waals surface area contributed by atoms with Crippen LogP contribution in [0.2, 0.25) is 0 Å². The number of hydrogen-bond acceptors (Lipinski definition) is 3. The predicted molar refractivity (Wildman–Crippen MR) is 139 cm³/mol. The van der Waals surface area contributed by atoms with Crippen molar-refractivity contribution in [2.75, 3.05) is 4.90 Å². The lowest BCUT2D eigenvalue weighted by molar-refractivity contribution is 0.560. The molecule has 2 nitrogen and oxygen atoms in total. The van der Waals surface area contributed by atoms with Crippen LogP contribution in [0, 0.1) is 0 Å². The van der Waals surface area contributed by atoms with Crippen LogP contribution in [0.3, 0.4) is 0 Å². The molecule has 158 valence electrons. The van der Waals surface area contributed by atoms with Gasteiger partial charge in [-0.3, -0.25) is 0 Å². The van der Waals surface area contributed by atoms with Crippen molar-refractivity contribution in [3.63, 3.8) is 0 Å². The average Bonchev–Trinajstić information content (AvgIpc) is 3.24. The van der Waals surface area contributed by atoms with Gasteiger partial charge in [-0.25, -0.2) is 4.98 Å². The summed E-state index contributed by atoms with van der Waals surface area (Å²) in [6.45, 7) is 6.76. The van der Waals surface area contributed by atoms with E-state index in [4.69, 9.17) is 4.98 Å². The van der Waals surface area contributed by atoms with Gasteiger partial charge in [0.25, 0.3) is 0 Å². The van der Waals surface area contributed by atoms with Gasteiger partial charge < -0.3 is 4.90 Å². The first kappa shape index (κ1) is 20.5. The fraction of sp³-hybridized carbons (Fsp3) is 0.138. The lowest BCUT2D eigenvalue weighted by Gasteiger charge is -2.38. The predicted octanol–water partition coefficient (Wildman–Crippen LogP) is 8.57. The molecule has 0 atom stereocenters. The Morgan fingerprint density at radius 2 is 1.19 bits per heavy atom. The number of fused-ring (bicyclic) bond motifs is 1. The van der Waals surface area contributed by atoms with Gasteiger partial charge in [0, 0.05) is 22.5 Å².